The van der Waals surface area contributed by atoms with Crippen LogP contribution in [0.2, 0.25) is 0 Å². The average molecular weight is 379 g/mol. The second-order valence-electron chi connectivity index (χ2n) is 6.25. The monoisotopic (exact) mass is 379 g/mol. The van der Waals surface area contributed by atoms with E-state index < -0.39 is 6.03 Å². The number of amides is 2. The summed E-state index contributed by atoms with van der Waals surface area (Å²) in [6.07, 6.45) is 0.821. The van der Waals surface area contributed by atoms with Gasteiger partial charge in [-0.3, -0.25) is 10.3 Å². The number of nitrogens with one attached hydrogen (secondary N) is 3. The minimum atomic E-state index is -0.630. The van der Waals surface area contributed by atoms with Crippen LogP contribution in [0.1, 0.15) is 20.3 Å². The Hall–Kier alpha value is -2.68. The van der Waals surface area contributed by atoms with Crippen molar-refractivity contribution in [2.24, 2.45) is 10.7 Å². The Bertz CT molecular complexity index is 636. The predicted octanol–water partition coefficient (Wildman–Crippen LogP) is 0.839. The number of hydrogen-bond acceptors (Lipinski definition) is 6. The van der Waals surface area contributed by atoms with Crippen LogP contribution >= 0.6 is 0 Å². The van der Waals surface area contributed by atoms with Crippen LogP contribution in [0.4, 0.5) is 4.79 Å². The highest BCUT2D eigenvalue weighted by Gasteiger charge is 2.16. The summed E-state index contributed by atoms with van der Waals surface area (Å²) in [4.78, 5) is 15.3. The van der Waals surface area contributed by atoms with Gasteiger partial charge in [-0.05, 0) is 38.9 Å². The molecule has 1 aliphatic heterocycles. The molecule has 27 heavy (non-hydrogen) atoms. The molecule has 0 fully saturated rings. The van der Waals surface area contributed by atoms with Crippen molar-refractivity contribution in [1.29, 1.82) is 0 Å². The van der Waals surface area contributed by atoms with Gasteiger partial charge < -0.3 is 30.6 Å². The summed E-state index contributed by atoms with van der Waals surface area (Å²) < 4.78 is 16.9. The van der Waals surface area contributed by atoms with Gasteiger partial charge >= 0.3 is 6.03 Å². The van der Waals surface area contributed by atoms with Crippen molar-refractivity contribution in [3.63, 3.8) is 0 Å². The van der Waals surface area contributed by atoms with E-state index in [1.165, 1.54) is 0 Å². The number of carbonyl (C=O) groups excluding carboxylic acids is 1. The molecule has 1 aromatic rings. The van der Waals surface area contributed by atoms with Gasteiger partial charge in [0.15, 0.2) is 17.5 Å². The van der Waals surface area contributed by atoms with Crippen LogP contribution in [0.5, 0.6) is 17.2 Å². The molecular weight excluding hydrogens is 350 g/mol. The Morgan fingerprint density at radius 2 is 2.11 bits per heavy atom. The van der Waals surface area contributed by atoms with Crippen LogP contribution in [0.25, 0.3) is 0 Å². The first-order chi connectivity index (χ1) is 13.1. The van der Waals surface area contributed by atoms with Crippen molar-refractivity contribution >= 4 is 12.0 Å². The summed E-state index contributed by atoms with van der Waals surface area (Å²) in [6.45, 7) is 7.58. The molecule has 0 bridgehead atoms. The minimum Gasteiger partial charge on any atom is -0.488 e. The molecule has 1 heterocycles. The van der Waals surface area contributed by atoms with Crippen LogP contribution in [-0.4, -0.2) is 57.5 Å². The Balaban J connectivity index is 1.62. The number of guanidine groups is 1. The SMILES string of the molecule is CC(C)NC(=NCCCNCCOc1cccc2c1OCCO2)NC(N)=O. The number of ether oxygens (including phenoxy) is 3. The molecule has 0 saturated carbocycles. The normalized spacial score (nSPS) is 13.4. The van der Waals surface area contributed by atoms with E-state index in [9.17, 15) is 4.79 Å². The van der Waals surface area contributed by atoms with E-state index in [1.54, 1.807) is 0 Å². The molecule has 1 aliphatic rings. The van der Waals surface area contributed by atoms with Crippen molar-refractivity contribution in [3.8, 4) is 17.2 Å². The standard InChI is InChI=1S/C18H29N5O4/c1-13(2)22-18(23-17(19)24)21-8-4-7-20-9-10-25-14-5-3-6-15-16(14)27-12-11-26-15/h3,5-6,13,20H,4,7-12H2,1-2H3,(H4,19,21,22,23,24). The number of carbonyl (C=O) groups is 1. The van der Waals surface area contributed by atoms with Gasteiger partial charge in [-0.25, -0.2) is 4.79 Å². The molecule has 5 N–H and O–H groups in total. The first-order valence-corrected chi connectivity index (χ1v) is 9.16. The lowest BCUT2D eigenvalue weighted by molar-refractivity contribution is 0.162. The number of rotatable bonds is 9. The highest BCUT2D eigenvalue weighted by atomic mass is 16.6. The fraction of sp³-hybridized carbons (Fsp3) is 0.556. The van der Waals surface area contributed by atoms with E-state index in [1.807, 2.05) is 32.0 Å². The second-order valence-corrected chi connectivity index (χ2v) is 6.25. The number of hydrogen-bond donors (Lipinski definition) is 4. The largest absolute Gasteiger partial charge is 0.488 e. The zero-order valence-electron chi connectivity index (χ0n) is 15.9. The third kappa shape index (κ3) is 7.61. The van der Waals surface area contributed by atoms with Gasteiger partial charge in [0.05, 0.1) is 0 Å². The molecule has 2 rings (SSSR count). The van der Waals surface area contributed by atoms with Gasteiger partial charge in [-0.1, -0.05) is 6.07 Å². The number of fused-ring (bicyclic) bond motifs is 1. The van der Waals surface area contributed by atoms with Crippen molar-refractivity contribution < 1.29 is 19.0 Å². The molecule has 0 atom stereocenters. The fourth-order valence-corrected chi connectivity index (χ4v) is 2.43. The molecule has 0 aromatic heterocycles. The van der Waals surface area contributed by atoms with Gasteiger partial charge in [0.2, 0.25) is 5.75 Å². The first kappa shape index (κ1) is 20.6. The highest BCUT2D eigenvalue weighted by Crippen LogP contribution is 2.38. The van der Waals surface area contributed by atoms with E-state index in [-0.39, 0.29) is 6.04 Å². The maximum atomic E-state index is 11.0. The molecule has 0 aliphatic carbocycles. The van der Waals surface area contributed by atoms with Crippen molar-refractivity contribution in [2.75, 3.05) is 39.5 Å². The molecule has 0 unspecified atom stereocenters. The molecule has 1 aromatic carbocycles. The first-order valence-electron chi connectivity index (χ1n) is 9.16. The maximum absolute atomic E-state index is 11.0. The molecule has 2 amide bonds. The molecule has 0 radical (unpaired) electrons. The molecule has 0 spiro atoms. The van der Waals surface area contributed by atoms with Crippen LogP contribution in [-0.2, 0) is 0 Å². The number of nitrogens with two attached hydrogens (primary N) is 1. The third-order valence-corrected chi connectivity index (χ3v) is 3.52. The van der Waals surface area contributed by atoms with Gasteiger partial charge in [-0.2, -0.15) is 0 Å². The van der Waals surface area contributed by atoms with Crippen molar-refractivity contribution in [3.05, 3.63) is 18.2 Å². The fourth-order valence-electron chi connectivity index (χ4n) is 2.43. The quantitative estimate of drug-likeness (QED) is 0.287. The zero-order chi connectivity index (χ0) is 19.5. The number of nitrogens with zero attached hydrogens (tertiary/aromatic N) is 1. The van der Waals surface area contributed by atoms with Gasteiger partial charge in [0.25, 0.3) is 0 Å². The molecule has 150 valence electrons. The smallest absolute Gasteiger partial charge is 0.318 e. The molecule has 0 saturated heterocycles. The Morgan fingerprint density at radius 3 is 2.89 bits per heavy atom. The molecule has 9 nitrogen and oxygen atoms in total. The summed E-state index contributed by atoms with van der Waals surface area (Å²) in [5.74, 6) is 2.49. The summed E-state index contributed by atoms with van der Waals surface area (Å²) in [6, 6.07) is 5.16. The van der Waals surface area contributed by atoms with Gasteiger partial charge in [-0.15, -0.1) is 0 Å². The Kier molecular flexibility index (Phi) is 8.50. The Morgan fingerprint density at radius 1 is 1.30 bits per heavy atom. The number of aliphatic imine (C=N–C) groups is 1. The van der Waals surface area contributed by atoms with E-state index >= 15 is 0 Å². The van der Waals surface area contributed by atoms with Crippen LogP contribution < -0.4 is 35.9 Å². The third-order valence-electron chi connectivity index (χ3n) is 3.52. The highest BCUT2D eigenvalue weighted by molar-refractivity contribution is 5.95. The lowest BCUT2D eigenvalue weighted by atomic mass is 10.3. The average Bonchev–Trinajstić information content (AvgIpc) is 2.63. The van der Waals surface area contributed by atoms with E-state index in [2.05, 4.69) is 20.9 Å². The number of benzene rings is 1. The minimum absolute atomic E-state index is 0.156. The zero-order valence-corrected chi connectivity index (χ0v) is 15.9. The number of urea groups is 1. The lowest BCUT2D eigenvalue weighted by Gasteiger charge is -2.20. The van der Waals surface area contributed by atoms with E-state index in [0.29, 0.717) is 50.4 Å². The summed E-state index contributed by atoms with van der Waals surface area (Å²) in [5.41, 5.74) is 5.13. The molecular formula is C18H29N5O4. The van der Waals surface area contributed by atoms with Gasteiger partial charge in [0.1, 0.15) is 19.8 Å². The second kappa shape index (κ2) is 11.1. The van der Waals surface area contributed by atoms with Crippen LogP contribution in [0, 0.1) is 0 Å². The lowest BCUT2D eigenvalue weighted by Crippen LogP contribution is -2.46. The van der Waals surface area contributed by atoms with Crippen LogP contribution in [0.15, 0.2) is 23.2 Å². The number of primary amides is 1. The van der Waals surface area contributed by atoms with E-state index in [4.69, 9.17) is 19.9 Å². The van der Waals surface area contributed by atoms with Crippen molar-refractivity contribution in [1.82, 2.24) is 16.0 Å². The summed E-state index contributed by atoms with van der Waals surface area (Å²) in [5, 5.41) is 8.81. The Labute approximate surface area is 159 Å². The van der Waals surface area contributed by atoms with Crippen LogP contribution in [0.3, 0.4) is 0 Å². The topological polar surface area (TPSA) is 119 Å². The molecule has 9 heteroatoms. The van der Waals surface area contributed by atoms with Gasteiger partial charge in [0, 0.05) is 19.1 Å². The maximum Gasteiger partial charge on any atom is 0.318 e. The number of para-hydroxylation sites is 1. The van der Waals surface area contributed by atoms with Crippen molar-refractivity contribution in [2.45, 2.75) is 26.3 Å². The summed E-state index contributed by atoms with van der Waals surface area (Å²) >= 11 is 0. The van der Waals surface area contributed by atoms with E-state index in [0.717, 1.165) is 18.7 Å². The predicted molar refractivity (Wildman–Crippen MR) is 104 cm³/mol. The summed E-state index contributed by atoms with van der Waals surface area (Å²) in [7, 11) is 0.